The van der Waals surface area contributed by atoms with Crippen molar-refractivity contribution in [2.24, 2.45) is 0 Å². The summed E-state index contributed by atoms with van der Waals surface area (Å²) >= 11 is 0. The number of H-pyrrole nitrogens is 1. The zero-order valence-corrected chi connectivity index (χ0v) is 13.7. The van der Waals surface area contributed by atoms with Gasteiger partial charge in [0.15, 0.2) is 0 Å². The average Bonchev–Trinajstić information content (AvgIpc) is 3.22. The van der Waals surface area contributed by atoms with Crippen LogP contribution in [-0.4, -0.2) is 50.9 Å². The molecule has 1 spiro atoms. The first kappa shape index (κ1) is 15.0. The molecular formula is C18H21N5O. The number of fused-ring (bicyclic) bond motifs is 1. The van der Waals surface area contributed by atoms with Crippen molar-refractivity contribution < 1.29 is 4.79 Å². The third kappa shape index (κ3) is 2.32. The van der Waals surface area contributed by atoms with Gasteiger partial charge in [-0.15, -0.1) is 6.42 Å². The number of hydrogen-bond acceptors (Lipinski definition) is 4. The van der Waals surface area contributed by atoms with Crippen LogP contribution < -0.4 is 4.90 Å². The molecule has 0 saturated carbocycles. The summed E-state index contributed by atoms with van der Waals surface area (Å²) in [7, 11) is 0. The molecule has 4 heterocycles. The molecule has 24 heavy (non-hydrogen) atoms. The van der Waals surface area contributed by atoms with Gasteiger partial charge < -0.3 is 14.8 Å². The fourth-order valence-corrected chi connectivity index (χ4v) is 4.34. The third-order valence-electron chi connectivity index (χ3n) is 5.34. The van der Waals surface area contributed by atoms with Crippen molar-refractivity contribution in [3.8, 4) is 12.3 Å². The van der Waals surface area contributed by atoms with Gasteiger partial charge in [-0.05, 0) is 31.7 Å². The second kappa shape index (κ2) is 5.82. The lowest BCUT2D eigenvalue weighted by Crippen LogP contribution is -2.57. The molecule has 1 atom stereocenters. The lowest BCUT2D eigenvalue weighted by atomic mass is 9.86. The molecule has 6 nitrogen and oxygen atoms in total. The summed E-state index contributed by atoms with van der Waals surface area (Å²) in [5.41, 5.74) is 0.756. The maximum atomic E-state index is 12.5. The number of terminal acetylenes is 1. The molecule has 2 aliphatic heterocycles. The van der Waals surface area contributed by atoms with Crippen LogP contribution in [0.15, 0.2) is 18.6 Å². The number of aromatic amines is 1. The normalized spacial score (nSPS) is 23.8. The average molecular weight is 323 g/mol. The van der Waals surface area contributed by atoms with E-state index < -0.39 is 0 Å². The van der Waals surface area contributed by atoms with Gasteiger partial charge in [-0.25, -0.2) is 9.97 Å². The van der Waals surface area contributed by atoms with E-state index in [0.29, 0.717) is 0 Å². The standard InChI is InChI=1S/C18H21N5O/c1-2-5-15(24)23-11-4-8-18(23)7-3-10-22(12-18)17-14-6-9-19-16(14)20-13-21-17/h1,6,9,13H,3-5,7-8,10-12H2,(H,19,20,21)/t18-/m1/s1. The number of carbonyl (C=O) groups excluding carboxylic acids is 1. The number of nitrogens with one attached hydrogen (secondary N) is 1. The molecule has 1 N–H and O–H groups in total. The second-order valence-corrected chi connectivity index (χ2v) is 6.72. The van der Waals surface area contributed by atoms with E-state index in [2.05, 4.69) is 25.8 Å². The molecule has 124 valence electrons. The van der Waals surface area contributed by atoms with Gasteiger partial charge in [0.2, 0.25) is 5.91 Å². The Labute approximate surface area is 141 Å². The summed E-state index contributed by atoms with van der Waals surface area (Å²) in [6.07, 6.45) is 13.2. The van der Waals surface area contributed by atoms with Gasteiger partial charge in [0.1, 0.15) is 17.8 Å². The first-order chi connectivity index (χ1) is 11.7. The Hall–Kier alpha value is -2.55. The molecule has 0 unspecified atom stereocenters. The highest BCUT2D eigenvalue weighted by Crippen LogP contribution is 2.39. The highest BCUT2D eigenvalue weighted by molar-refractivity contribution is 5.87. The Morgan fingerprint density at radius 3 is 3.00 bits per heavy atom. The summed E-state index contributed by atoms with van der Waals surface area (Å²) in [4.78, 5) is 28.7. The number of hydrogen-bond donors (Lipinski definition) is 1. The zero-order valence-electron chi connectivity index (χ0n) is 13.7. The van der Waals surface area contributed by atoms with Crippen molar-refractivity contribution in [1.29, 1.82) is 0 Å². The number of aromatic nitrogens is 3. The number of nitrogens with zero attached hydrogens (tertiary/aromatic N) is 4. The molecule has 2 fully saturated rings. The Kier molecular flexibility index (Phi) is 3.64. The number of anilines is 1. The summed E-state index contributed by atoms with van der Waals surface area (Å²) in [6.45, 7) is 2.59. The van der Waals surface area contributed by atoms with Crippen molar-refractivity contribution in [1.82, 2.24) is 19.9 Å². The van der Waals surface area contributed by atoms with Crippen LogP contribution in [0.5, 0.6) is 0 Å². The van der Waals surface area contributed by atoms with Crippen molar-refractivity contribution >= 4 is 22.8 Å². The molecule has 2 aromatic rings. The van der Waals surface area contributed by atoms with Gasteiger partial charge in [-0.2, -0.15) is 0 Å². The van der Waals surface area contributed by atoms with Gasteiger partial charge in [0.05, 0.1) is 17.3 Å². The molecule has 1 amide bonds. The maximum absolute atomic E-state index is 12.5. The molecule has 2 aliphatic rings. The Morgan fingerprint density at radius 2 is 2.17 bits per heavy atom. The molecule has 4 rings (SSSR count). The molecule has 6 heteroatoms. The second-order valence-electron chi connectivity index (χ2n) is 6.72. The molecule has 0 aromatic carbocycles. The van der Waals surface area contributed by atoms with E-state index in [-0.39, 0.29) is 17.9 Å². The lowest BCUT2D eigenvalue weighted by Gasteiger charge is -2.46. The predicted molar refractivity (Wildman–Crippen MR) is 92.5 cm³/mol. The van der Waals surface area contributed by atoms with Crippen LogP contribution in [-0.2, 0) is 4.79 Å². The van der Waals surface area contributed by atoms with Crippen LogP contribution in [0.3, 0.4) is 0 Å². The van der Waals surface area contributed by atoms with Crippen LogP contribution in [0.4, 0.5) is 5.82 Å². The Morgan fingerprint density at radius 1 is 1.33 bits per heavy atom. The number of amides is 1. The van der Waals surface area contributed by atoms with Gasteiger partial charge in [0.25, 0.3) is 0 Å². The minimum Gasteiger partial charge on any atom is -0.354 e. The van der Waals surface area contributed by atoms with Crippen molar-refractivity contribution in [2.45, 2.75) is 37.6 Å². The molecule has 0 bridgehead atoms. The predicted octanol–water partition coefficient (Wildman–Crippen LogP) is 1.94. The monoisotopic (exact) mass is 323 g/mol. The van der Waals surface area contributed by atoms with Crippen molar-refractivity contribution in [2.75, 3.05) is 24.5 Å². The maximum Gasteiger partial charge on any atom is 0.235 e. The molecular weight excluding hydrogens is 302 g/mol. The molecule has 2 saturated heterocycles. The van der Waals surface area contributed by atoms with Gasteiger partial charge in [0, 0.05) is 25.8 Å². The largest absolute Gasteiger partial charge is 0.354 e. The number of rotatable bonds is 2. The topological polar surface area (TPSA) is 65.1 Å². The van der Waals surface area contributed by atoms with Crippen LogP contribution in [0.25, 0.3) is 11.0 Å². The Balaban J connectivity index is 1.65. The molecule has 0 aliphatic carbocycles. The number of carbonyl (C=O) groups is 1. The fraction of sp³-hybridized carbons (Fsp3) is 0.500. The van der Waals surface area contributed by atoms with E-state index in [1.54, 1.807) is 6.33 Å². The van der Waals surface area contributed by atoms with Crippen LogP contribution >= 0.6 is 0 Å². The quantitative estimate of drug-likeness (QED) is 0.858. The van der Waals surface area contributed by atoms with E-state index in [0.717, 1.165) is 62.2 Å². The summed E-state index contributed by atoms with van der Waals surface area (Å²) in [5, 5.41) is 1.04. The van der Waals surface area contributed by atoms with Crippen LogP contribution in [0, 0.1) is 12.3 Å². The van der Waals surface area contributed by atoms with E-state index >= 15 is 0 Å². The summed E-state index contributed by atoms with van der Waals surface area (Å²) in [6, 6.07) is 2.02. The highest BCUT2D eigenvalue weighted by atomic mass is 16.2. The lowest BCUT2D eigenvalue weighted by molar-refractivity contribution is -0.134. The van der Waals surface area contributed by atoms with Gasteiger partial charge in [-0.1, -0.05) is 5.92 Å². The molecule has 0 radical (unpaired) electrons. The third-order valence-corrected chi connectivity index (χ3v) is 5.34. The van der Waals surface area contributed by atoms with Gasteiger partial charge in [-0.3, -0.25) is 4.79 Å². The highest BCUT2D eigenvalue weighted by Gasteiger charge is 2.46. The Bertz CT molecular complexity index is 807. The smallest absolute Gasteiger partial charge is 0.235 e. The minimum absolute atomic E-state index is 0.0892. The van der Waals surface area contributed by atoms with E-state index in [1.165, 1.54) is 0 Å². The van der Waals surface area contributed by atoms with E-state index in [4.69, 9.17) is 6.42 Å². The number of likely N-dealkylation sites (tertiary alicyclic amines) is 1. The fourth-order valence-electron chi connectivity index (χ4n) is 4.34. The van der Waals surface area contributed by atoms with Crippen molar-refractivity contribution in [3.05, 3.63) is 18.6 Å². The van der Waals surface area contributed by atoms with Crippen LogP contribution in [0.1, 0.15) is 32.1 Å². The summed E-state index contributed by atoms with van der Waals surface area (Å²) < 4.78 is 0. The van der Waals surface area contributed by atoms with Crippen LogP contribution in [0.2, 0.25) is 0 Å². The first-order valence-corrected chi connectivity index (χ1v) is 8.50. The van der Waals surface area contributed by atoms with Crippen molar-refractivity contribution in [3.63, 3.8) is 0 Å². The van der Waals surface area contributed by atoms with Gasteiger partial charge >= 0.3 is 0 Å². The van der Waals surface area contributed by atoms with E-state index in [9.17, 15) is 4.79 Å². The molecule has 2 aromatic heterocycles. The number of piperidine rings is 1. The minimum atomic E-state index is -0.0975. The first-order valence-electron chi connectivity index (χ1n) is 8.50. The summed E-state index contributed by atoms with van der Waals surface area (Å²) in [5.74, 6) is 3.54. The SMILES string of the molecule is C#CCC(=O)N1CCC[C@@]12CCCN(c1ncnc3[nH]ccc13)C2. The van der Waals surface area contributed by atoms with E-state index in [1.807, 2.05) is 17.2 Å². The zero-order chi connectivity index (χ0) is 16.6.